The van der Waals surface area contributed by atoms with Crippen molar-refractivity contribution < 1.29 is 31.2 Å². The summed E-state index contributed by atoms with van der Waals surface area (Å²) in [6.07, 6.45) is -0.434. The highest BCUT2D eigenvalue weighted by Gasteiger charge is 2.39. The van der Waals surface area contributed by atoms with Gasteiger partial charge in [0.25, 0.3) is 0 Å². The van der Waals surface area contributed by atoms with E-state index in [4.69, 9.17) is 5.14 Å². The zero-order valence-electron chi connectivity index (χ0n) is 13.2. The molecule has 138 valence electrons. The number of hydrogen-bond acceptors (Lipinski definition) is 7. The van der Waals surface area contributed by atoms with Crippen LogP contribution in [-0.4, -0.2) is 59.3 Å². The first kappa shape index (κ1) is 19.3. The molecule has 1 saturated heterocycles. The largest absolute Gasteiger partial charge is 0.469 e. The summed E-state index contributed by atoms with van der Waals surface area (Å²) < 4.78 is 53.5. The molecule has 1 heterocycles. The minimum Gasteiger partial charge on any atom is -0.469 e. The fourth-order valence-electron chi connectivity index (χ4n) is 2.35. The van der Waals surface area contributed by atoms with E-state index in [0.717, 1.165) is 35.7 Å². The van der Waals surface area contributed by atoms with Crippen LogP contribution in [0.2, 0.25) is 0 Å². The molecule has 1 fully saturated rings. The molecule has 0 aliphatic carbocycles. The monoisotopic (exact) mass is 391 g/mol. The molecule has 25 heavy (non-hydrogen) atoms. The van der Waals surface area contributed by atoms with Crippen molar-refractivity contribution in [1.82, 2.24) is 9.62 Å². The summed E-state index contributed by atoms with van der Waals surface area (Å²) in [6.45, 7) is 0.0532. The van der Waals surface area contributed by atoms with Crippen LogP contribution in [0.25, 0.3) is 0 Å². The van der Waals surface area contributed by atoms with Gasteiger partial charge in [-0.1, -0.05) is 0 Å². The van der Waals surface area contributed by atoms with Crippen LogP contribution in [0, 0.1) is 0 Å². The van der Waals surface area contributed by atoms with Crippen molar-refractivity contribution in [2.75, 3.05) is 20.2 Å². The summed E-state index contributed by atoms with van der Waals surface area (Å²) in [5, 5.41) is 7.47. The van der Waals surface area contributed by atoms with Crippen molar-refractivity contribution in [3.63, 3.8) is 0 Å². The number of carbonyl (C=O) groups is 2. The lowest BCUT2D eigenvalue weighted by atomic mass is 10.1. The summed E-state index contributed by atoms with van der Waals surface area (Å²) in [5.74, 6) is -1.34. The average molecular weight is 391 g/mol. The molecule has 1 unspecified atom stereocenters. The van der Waals surface area contributed by atoms with Gasteiger partial charge in [-0.25, -0.2) is 22.0 Å². The van der Waals surface area contributed by atoms with E-state index in [1.54, 1.807) is 0 Å². The minimum atomic E-state index is -4.13. The molecule has 1 aliphatic heterocycles. The van der Waals surface area contributed by atoms with Gasteiger partial charge in [-0.3, -0.25) is 9.59 Å². The molecule has 1 atom stereocenters. The molecule has 0 spiro atoms. The van der Waals surface area contributed by atoms with E-state index < -0.39 is 44.4 Å². The fraction of sp³-hybridized carbons (Fsp3) is 0.385. The van der Waals surface area contributed by atoms with Gasteiger partial charge in [0.2, 0.25) is 26.0 Å². The van der Waals surface area contributed by atoms with Crippen LogP contribution in [0.15, 0.2) is 34.1 Å². The Labute approximate surface area is 145 Å². The highest BCUT2D eigenvalue weighted by Crippen LogP contribution is 2.23. The van der Waals surface area contributed by atoms with Gasteiger partial charge < -0.3 is 10.1 Å². The molecule has 12 heteroatoms. The number of nitrogens with one attached hydrogen (secondary N) is 1. The van der Waals surface area contributed by atoms with E-state index in [9.17, 15) is 26.4 Å². The first-order valence-electron chi connectivity index (χ1n) is 7.06. The van der Waals surface area contributed by atoms with Crippen LogP contribution in [0.4, 0.5) is 0 Å². The number of carbonyl (C=O) groups excluding carboxylic acids is 2. The molecule has 1 aliphatic rings. The first-order valence-corrected chi connectivity index (χ1v) is 10.1. The second-order valence-corrected chi connectivity index (χ2v) is 8.67. The predicted octanol–water partition coefficient (Wildman–Crippen LogP) is -1.61. The van der Waals surface area contributed by atoms with E-state index in [1.165, 1.54) is 0 Å². The SMILES string of the molecule is COC(=O)CC1C(=O)NCCN1S(=O)(=O)c1ccc(S(N)(=O)=O)cc1. The van der Waals surface area contributed by atoms with Crippen LogP contribution in [0.3, 0.4) is 0 Å². The Kier molecular flexibility index (Phi) is 5.46. The third-order valence-electron chi connectivity index (χ3n) is 3.63. The molecule has 1 aromatic carbocycles. The number of piperazine rings is 1. The number of sulfonamides is 2. The van der Waals surface area contributed by atoms with Crippen LogP contribution < -0.4 is 10.5 Å². The van der Waals surface area contributed by atoms with E-state index in [2.05, 4.69) is 10.1 Å². The van der Waals surface area contributed by atoms with E-state index in [1.807, 2.05) is 0 Å². The number of nitrogens with two attached hydrogens (primary N) is 1. The quantitative estimate of drug-likeness (QED) is 0.572. The van der Waals surface area contributed by atoms with Crippen molar-refractivity contribution >= 4 is 31.9 Å². The molecule has 3 N–H and O–H groups in total. The number of nitrogens with zero attached hydrogens (tertiary/aromatic N) is 1. The molecular formula is C13H17N3O7S2. The molecule has 0 bridgehead atoms. The fourth-order valence-corrected chi connectivity index (χ4v) is 4.46. The molecule has 10 nitrogen and oxygen atoms in total. The number of hydrogen-bond donors (Lipinski definition) is 2. The van der Waals surface area contributed by atoms with E-state index >= 15 is 0 Å². The summed E-state index contributed by atoms with van der Waals surface area (Å²) in [6, 6.07) is 3.03. The van der Waals surface area contributed by atoms with Crippen LogP contribution in [0.5, 0.6) is 0 Å². The number of primary sulfonamides is 1. The number of ether oxygens (including phenoxy) is 1. The van der Waals surface area contributed by atoms with Crippen LogP contribution in [0.1, 0.15) is 6.42 Å². The van der Waals surface area contributed by atoms with Gasteiger partial charge in [-0.05, 0) is 24.3 Å². The smallest absolute Gasteiger partial charge is 0.307 e. The van der Waals surface area contributed by atoms with E-state index in [0.29, 0.717) is 0 Å². The second-order valence-electron chi connectivity index (χ2n) is 5.22. The predicted molar refractivity (Wildman–Crippen MR) is 85.1 cm³/mol. The molecule has 0 aromatic heterocycles. The third kappa shape index (κ3) is 4.15. The number of benzene rings is 1. The Bertz CT molecular complexity index is 879. The number of amides is 1. The lowest BCUT2D eigenvalue weighted by Crippen LogP contribution is -2.57. The van der Waals surface area contributed by atoms with Crippen LogP contribution >= 0.6 is 0 Å². The molecule has 1 amide bonds. The standard InChI is InChI=1S/C13H17N3O7S2/c1-23-12(17)8-11-13(18)15-6-7-16(11)25(21,22)10-4-2-9(3-5-10)24(14,19)20/h2-5,11H,6-8H2,1H3,(H,15,18)(H2,14,19,20). The number of methoxy groups -OCH3 is 1. The second kappa shape index (κ2) is 7.07. The molecule has 2 rings (SSSR count). The van der Waals surface area contributed by atoms with Crippen molar-refractivity contribution in [3.05, 3.63) is 24.3 Å². The van der Waals surface area contributed by atoms with Crippen molar-refractivity contribution in [3.8, 4) is 0 Å². The maximum atomic E-state index is 12.8. The Hall–Kier alpha value is -2.02. The third-order valence-corrected chi connectivity index (χ3v) is 6.48. The minimum absolute atomic E-state index is 0.0350. The van der Waals surface area contributed by atoms with Crippen molar-refractivity contribution in [2.24, 2.45) is 5.14 Å². The molecular weight excluding hydrogens is 374 g/mol. The topological polar surface area (TPSA) is 153 Å². The van der Waals surface area contributed by atoms with Crippen molar-refractivity contribution in [1.29, 1.82) is 0 Å². The van der Waals surface area contributed by atoms with Crippen molar-refractivity contribution in [2.45, 2.75) is 22.3 Å². The average Bonchev–Trinajstić information content (AvgIpc) is 2.55. The maximum Gasteiger partial charge on any atom is 0.307 e. The first-order chi connectivity index (χ1) is 11.6. The van der Waals surface area contributed by atoms with Gasteiger partial charge in [-0.2, -0.15) is 4.31 Å². The maximum absolute atomic E-state index is 12.8. The lowest BCUT2D eigenvalue weighted by molar-refractivity contribution is -0.144. The zero-order valence-corrected chi connectivity index (χ0v) is 14.8. The van der Waals surface area contributed by atoms with Gasteiger partial charge in [0.05, 0.1) is 23.3 Å². The number of esters is 1. The Morgan fingerprint density at radius 3 is 2.32 bits per heavy atom. The summed E-state index contributed by atoms with van der Waals surface area (Å²) >= 11 is 0. The highest BCUT2D eigenvalue weighted by atomic mass is 32.2. The Morgan fingerprint density at radius 2 is 1.80 bits per heavy atom. The highest BCUT2D eigenvalue weighted by molar-refractivity contribution is 7.89. The van der Waals surface area contributed by atoms with Gasteiger partial charge in [0, 0.05) is 13.1 Å². The summed E-state index contributed by atoms with van der Waals surface area (Å²) in [4.78, 5) is 23.0. The zero-order chi connectivity index (χ0) is 18.8. The van der Waals surface area contributed by atoms with Gasteiger partial charge in [0.1, 0.15) is 6.04 Å². The Balaban J connectivity index is 2.38. The molecule has 0 radical (unpaired) electrons. The van der Waals surface area contributed by atoms with Crippen LogP contribution in [-0.2, 0) is 34.4 Å². The van der Waals surface area contributed by atoms with Gasteiger partial charge in [-0.15, -0.1) is 0 Å². The molecule has 1 aromatic rings. The Morgan fingerprint density at radius 1 is 1.24 bits per heavy atom. The summed E-state index contributed by atoms with van der Waals surface area (Å²) in [7, 11) is -6.96. The summed E-state index contributed by atoms with van der Waals surface area (Å²) in [5.41, 5.74) is 0. The normalized spacial score (nSPS) is 19.3. The van der Waals surface area contributed by atoms with E-state index in [-0.39, 0.29) is 22.9 Å². The van der Waals surface area contributed by atoms with Gasteiger partial charge >= 0.3 is 5.97 Å². The lowest BCUT2D eigenvalue weighted by Gasteiger charge is -2.33. The van der Waals surface area contributed by atoms with Gasteiger partial charge in [0.15, 0.2) is 0 Å². The molecule has 0 saturated carbocycles. The number of rotatable bonds is 5.